The summed E-state index contributed by atoms with van der Waals surface area (Å²) in [5.41, 5.74) is 0. The van der Waals surface area contributed by atoms with Crippen molar-refractivity contribution >= 4 is 25.8 Å². The quantitative estimate of drug-likeness (QED) is 0.540. The van der Waals surface area contributed by atoms with Gasteiger partial charge in [0.05, 0.1) is 0 Å². The highest BCUT2D eigenvalue weighted by Crippen LogP contribution is 2.10. The monoisotopic (exact) mass is 256 g/mol. The Hall–Kier alpha value is 0.430. The average molecular weight is 257 g/mol. The highest BCUT2D eigenvalue weighted by atomic mass is 79.9. The first kappa shape index (κ1) is 12.4. The Labute approximate surface area is 83.8 Å². The zero-order valence-electron chi connectivity index (χ0n) is 7.72. The van der Waals surface area contributed by atoms with Gasteiger partial charge in [-0.3, -0.25) is 0 Å². The first-order chi connectivity index (χ1) is 5.42. The summed E-state index contributed by atoms with van der Waals surface area (Å²) in [5, 5.41) is 0. The van der Waals surface area contributed by atoms with E-state index in [-0.39, 0.29) is 0 Å². The van der Waals surface area contributed by atoms with Gasteiger partial charge in [-0.15, -0.1) is 0 Å². The first-order valence-electron chi connectivity index (χ1n) is 4.23. The lowest BCUT2D eigenvalue weighted by Gasteiger charge is -2.01. The van der Waals surface area contributed by atoms with E-state index < -0.39 is 9.84 Å². The molecule has 1 unspecified atom stereocenters. The van der Waals surface area contributed by atoms with Gasteiger partial charge in [-0.25, -0.2) is 8.42 Å². The molecule has 0 aromatic carbocycles. The molecule has 0 N–H and O–H groups in total. The maximum absolute atomic E-state index is 10.7. The van der Waals surface area contributed by atoms with Gasteiger partial charge in [0, 0.05) is 16.8 Å². The minimum absolute atomic E-state index is 0.337. The van der Waals surface area contributed by atoms with E-state index in [0.717, 1.165) is 25.7 Å². The summed E-state index contributed by atoms with van der Waals surface area (Å²) < 4.78 is 21.4. The predicted octanol–water partition coefficient (Wildman–Crippen LogP) is 2.37. The molecule has 0 amide bonds. The van der Waals surface area contributed by atoms with Crippen molar-refractivity contribution in [1.29, 1.82) is 0 Å². The van der Waals surface area contributed by atoms with Crippen LogP contribution in [0.25, 0.3) is 0 Å². The van der Waals surface area contributed by atoms with E-state index in [9.17, 15) is 8.42 Å². The molecule has 0 aliphatic rings. The third-order valence-electron chi connectivity index (χ3n) is 1.62. The lowest BCUT2D eigenvalue weighted by molar-refractivity contribution is 0.593. The Morgan fingerprint density at radius 2 is 1.83 bits per heavy atom. The second kappa shape index (κ2) is 5.97. The number of rotatable bonds is 6. The predicted molar refractivity (Wildman–Crippen MR) is 56.6 cm³/mol. The minimum atomic E-state index is -2.74. The van der Waals surface area contributed by atoms with E-state index in [2.05, 4.69) is 22.9 Å². The molecule has 0 fully saturated rings. The van der Waals surface area contributed by atoms with Crippen LogP contribution in [0.2, 0.25) is 0 Å². The molecule has 0 rings (SSSR count). The normalized spacial score (nSPS) is 14.6. The van der Waals surface area contributed by atoms with Crippen LogP contribution >= 0.6 is 15.9 Å². The molecule has 0 heterocycles. The molecule has 0 saturated heterocycles. The van der Waals surface area contributed by atoms with Crippen LogP contribution in [0.1, 0.15) is 32.6 Å². The Bertz CT molecular complexity index is 197. The van der Waals surface area contributed by atoms with Crippen molar-refractivity contribution < 1.29 is 8.42 Å². The first-order valence-corrected chi connectivity index (χ1v) is 7.21. The molecule has 0 aromatic rings. The van der Waals surface area contributed by atoms with Gasteiger partial charge in [-0.05, 0) is 12.8 Å². The van der Waals surface area contributed by atoms with E-state index in [1.807, 2.05) is 0 Å². The second-order valence-electron chi connectivity index (χ2n) is 3.26. The van der Waals surface area contributed by atoms with Gasteiger partial charge in [-0.1, -0.05) is 35.7 Å². The van der Waals surface area contributed by atoms with Crippen LogP contribution in [-0.2, 0) is 9.84 Å². The Morgan fingerprint density at radius 3 is 2.25 bits per heavy atom. The summed E-state index contributed by atoms with van der Waals surface area (Å²) in [7, 11) is -2.74. The molecule has 74 valence electrons. The van der Waals surface area contributed by atoms with Crippen molar-refractivity contribution in [3.8, 4) is 0 Å². The zero-order chi connectivity index (χ0) is 9.61. The summed E-state index contributed by atoms with van der Waals surface area (Å²) in [6.45, 7) is 2.11. The summed E-state index contributed by atoms with van der Waals surface area (Å²) in [4.78, 5) is 0.552. The molecule has 0 aromatic heterocycles. The van der Waals surface area contributed by atoms with Crippen LogP contribution in [0.4, 0.5) is 0 Å². The highest BCUT2D eigenvalue weighted by Gasteiger charge is 2.01. The maximum atomic E-state index is 10.7. The smallest absolute Gasteiger partial charge is 0.147 e. The van der Waals surface area contributed by atoms with Crippen LogP contribution in [0.5, 0.6) is 0 Å². The van der Waals surface area contributed by atoms with Crippen LogP contribution < -0.4 is 0 Å². The number of unbranched alkanes of at least 4 members (excludes halogenated alkanes) is 2. The molecule has 0 spiro atoms. The fourth-order valence-electron chi connectivity index (χ4n) is 0.967. The largest absolute Gasteiger partial charge is 0.229 e. The summed E-state index contributed by atoms with van der Waals surface area (Å²) >= 11 is 3.45. The number of hydrogen-bond donors (Lipinski definition) is 0. The minimum Gasteiger partial charge on any atom is -0.229 e. The molecule has 0 aliphatic heterocycles. The van der Waals surface area contributed by atoms with Gasteiger partial charge in [-0.2, -0.15) is 0 Å². The van der Waals surface area contributed by atoms with Crippen LogP contribution in [-0.4, -0.2) is 25.3 Å². The zero-order valence-corrected chi connectivity index (χ0v) is 10.1. The van der Waals surface area contributed by atoms with Crippen LogP contribution in [0.15, 0.2) is 0 Å². The topological polar surface area (TPSA) is 34.1 Å². The van der Waals surface area contributed by atoms with Crippen molar-refractivity contribution in [3.63, 3.8) is 0 Å². The van der Waals surface area contributed by atoms with E-state index >= 15 is 0 Å². The third kappa shape index (κ3) is 10.4. The third-order valence-corrected chi connectivity index (χ3v) is 3.11. The van der Waals surface area contributed by atoms with Crippen molar-refractivity contribution in [2.75, 3.05) is 12.0 Å². The summed E-state index contributed by atoms with van der Waals surface area (Å²) in [6.07, 6.45) is 5.35. The van der Waals surface area contributed by atoms with Crippen LogP contribution in [0, 0.1) is 0 Å². The van der Waals surface area contributed by atoms with E-state index in [4.69, 9.17) is 0 Å². The molecular weight excluding hydrogens is 240 g/mol. The number of hydrogen-bond acceptors (Lipinski definition) is 2. The van der Waals surface area contributed by atoms with Crippen LogP contribution in [0.3, 0.4) is 0 Å². The number of alkyl halides is 1. The second-order valence-corrected chi connectivity index (χ2v) is 7.08. The van der Waals surface area contributed by atoms with E-state index in [1.165, 1.54) is 6.26 Å². The number of halogens is 1. The fourth-order valence-corrected chi connectivity index (χ4v) is 2.02. The molecule has 2 nitrogen and oxygen atoms in total. The standard InChI is InChI=1S/C8H17BrO2S/c1-8(9)6-4-3-5-7-12(2,10)11/h8H,3-7H2,1-2H3. The van der Waals surface area contributed by atoms with Gasteiger partial charge < -0.3 is 0 Å². The molecule has 0 saturated carbocycles. The van der Waals surface area contributed by atoms with Gasteiger partial charge in [0.15, 0.2) is 0 Å². The maximum Gasteiger partial charge on any atom is 0.147 e. The summed E-state index contributed by atoms with van der Waals surface area (Å²) in [6, 6.07) is 0. The van der Waals surface area contributed by atoms with Crippen molar-refractivity contribution in [2.45, 2.75) is 37.4 Å². The van der Waals surface area contributed by atoms with Gasteiger partial charge >= 0.3 is 0 Å². The van der Waals surface area contributed by atoms with Crippen molar-refractivity contribution in [3.05, 3.63) is 0 Å². The molecule has 0 aliphatic carbocycles. The molecule has 0 bridgehead atoms. The Kier molecular flexibility index (Phi) is 6.19. The molecule has 1 atom stereocenters. The number of sulfone groups is 1. The molecule has 0 radical (unpaired) electrons. The van der Waals surface area contributed by atoms with Gasteiger partial charge in [0.25, 0.3) is 0 Å². The van der Waals surface area contributed by atoms with Gasteiger partial charge in [0.1, 0.15) is 9.84 Å². The molecular formula is C8H17BrO2S. The molecule has 12 heavy (non-hydrogen) atoms. The van der Waals surface area contributed by atoms with Gasteiger partial charge in [0.2, 0.25) is 0 Å². The SMILES string of the molecule is CC(Br)CCCCCS(C)(=O)=O. The molecule has 4 heteroatoms. The fraction of sp³-hybridized carbons (Fsp3) is 1.00. The van der Waals surface area contributed by atoms with Crippen molar-refractivity contribution in [1.82, 2.24) is 0 Å². The van der Waals surface area contributed by atoms with E-state index in [0.29, 0.717) is 10.6 Å². The van der Waals surface area contributed by atoms with E-state index in [1.54, 1.807) is 0 Å². The Balaban J connectivity index is 3.23. The highest BCUT2D eigenvalue weighted by molar-refractivity contribution is 9.09. The lowest BCUT2D eigenvalue weighted by atomic mass is 10.2. The summed E-state index contributed by atoms with van der Waals surface area (Å²) in [5.74, 6) is 0.337. The van der Waals surface area contributed by atoms with Crippen molar-refractivity contribution in [2.24, 2.45) is 0 Å². The lowest BCUT2D eigenvalue weighted by Crippen LogP contribution is -2.02. The Morgan fingerprint density at radius 1 is 1.25 bits per heavy atom. The average Bonchev–Trinajstić information content (AvgIpc) is 1.83.